The van der Waals surface area contributed by atoms with Gasteiger partial charge in [-0.1, -0.05) is 36.4 Å². The summed E-state index contributed by atoms with van der Waals surface area (Å²) >= 11 is 0. The number of likely N-dealkylation sites (tertiary alicyclic amines) is 1. The van der Waals surface area contributed by atoms with Crippen LogP contribution in [0.1, 0.15) is 24.4 Å². The second-order valence-electron chi connectivity index (χ2n) is 7.52. The molecule has 2 aromatic rings. The molecule has 0 bridgehead atoms. The van der Waals surface area contributed by atoms with Gasteiger partial charge >= 0.3 is 0 Å². The Balaban J connectivity index is 1.48. The summed E-state index contributed by atoms with van der Waals surface area (Å²) in [5.41, 5.74) is 1.73. The third-order valence-electron chi connectivity index (χ3n) is 5.67. The van der Waals surface area contributed by atoms with Gasteiger partial charge in [-0.3, -0.25) is 9.69 Å². The van der Waals surface area contributed by atoms with Crippen molar-refractivity contribution in [3.05, 3.63) is 60.2 Å². The molecule has 154 valence electrons. The van der Waals surface area contributed by atoms with E-state index in [0.717, 1.165) is 42.9 Å². The van der Waals surface area contributed by atoms with Crippen LogP contribution in [0.2, 0.25) is 0 Å². The molecule has 2 fully saturated rings. The van der Waals surface area contributed by atoms with E-state index >= 15 is 0 Å². The monoisotopic (exact) mass is 396 g/mol. The van der Waals surface area contributed by atoms with Crippen LogP contribution in [0.5, 0.6) is 5.75 Å². The zero-order valence-electron chi connectivity index (χ0n) is 16.8. The Hall–Kier alpha value is -2.41. The standard InChI is InChI=1S/C23H28N2O4/c1-27-20-9-5-8-19(16-20)24-22(26)21(17-6-3-2-4-7-17)25-12-10-18(11-13-25)23-28-14-15-29-23/h2-9,16,18,21,23H,10-15H2,1H3,(H,24,26). The van der Waals surface area contributed by atoms with Gasteiger partial charge in [0.2, 0.25) is 5.91 Å². The highest BCUT2D eigenvalue weighted by Crippen LogP contribution is 2.31. The number of ether oxygens (including phenoxy) is 3. The minimum Gasteiger partial charge on any atom is -0.497 e. The molecule has 0 aliphatic carbocycles. The van der Waals surface area contributed by atoms with E-state index in [1.807, 2.05) is 54.6 Å². The highest BCUT2D eigenvalue weighted by atomic mass is 16.7. The molecule has 1 amide bonds. The first-order valence-corrected chi connectivity index (χ1v) is 10.2. The van der Waals surface area contributed by atoms with Crippen LogP contribution in [0.15, 0.2) is 54.6 Å². The van der Waals surface area contributed by atoms with Crippen LogP contribution in [-0.4, -0.2) is 50.5 Å². The number of piperidine rings is 1. The van der Waals surface area contributed by atoms with E-state index in [9.17, 15) is 4.79 Å². The molecule has 2 aromatic carbocycles. The number of rotatable bonds is 6. The number of carbonyl (C=O) groups excluding carboxylic acids is 1. The lowest BCUT2D eigenvalue weighted by Gasteiger charge is -2.38. The number of hydrogen-bond donors (Lipinski definition) is 1. The molecule has 0 aromatic heterocycles. The highest BCUT2D eigenvalue weighted by Gasteiger charge is 2.35. The molecule has 1 atom stereocenters. The summed E-state index contributed by atoms with van der Waals surface area (Å²) < 4.78 is 16.7. The molecule has 2 heterocycles. The molecule has 1 N–H and O–H groups in total. The summed E-state index contributed by atoms with van der Waals surface area (Å²) in [6.45, 7) is 3.03. The Kier molecular flexibility index (Phi) is 6.44. The first kappa shape index (κ1) is 19.9. The van der Waals surface area contributed by atoms with E-state index in [-0.39, 0.29) is 18.2 Å². The minimum atomic E-state index is -0.339. The number of hydrogen-bond acceptors (Lipinski definition) is 5. The fourth-order valence-corrected chi connectivity index (χ4v) is 4.17. The molecule has 4 rings (SSSR count). The summed E-state index contributed by atoms with van der Waals surface area (Å²) in [5.74, 6) is 1.08. The van der Waals surface area contributed by atoms with Crippen molar-refractivity contribution < 1.29 is 19.0 Å². The predicted octanol–water partition coefficient (Wildman–Crippen LogP) is 3.46. The number of amides is 1. The number of benzene rings is 2. The van der Waals surface area contributed by atoms with Crippen molar-refractivity contribution in [3.8, 4) is 5.75 Å². The first-order chi connectivity index (χ1) is 14.2. The van der Waals surface area contributed by atoms with Crippen molar-refractivity contribution in [3.63, 3.8) is 0 Å². The van der Waals surface area contributed by atoms with Crippen LogP contribution in [0.3, 0.4) is 0 Å². The summed E-state index contributed by atoms with van der Waals surface area (Å²) in [5, 5.41) is 3.07. The van der Waals surface area contributed by atoms with E-state index in [1.54, 1.807) is 7.11 Å². The Bertz CT molecular complexity index is 800. The number of carbonyl (C=O) groups is 1. The molecule has 2 aliphatic rings. The van der Waals surface area contributed by atoms with Gasteiger partial charge in [0.05, 0.1) is 20.3 Å². The number of anilines is 1. The van der Waals surface area contributed by atoms with E-state index in [0.29, 0.717) is 19.1 Å². The maximum Gasteiger partial charge on any atom is 0.246 e. The van der Waals surface area contributed by atoms with Gasteiger partial charge in [-0.05, 0) is 43.6 Å². The molecule has 0 saturated carbocycles. The first-order valence-electron chi connectivity index (χ1n) is 10.2. The lowest BCUT2D eigenvalue weighted by Crippen LogP contribution is -2.44. The van der Waals surface area contributed by atoms with Crippen molar-refractivity contribution in [2.45, 2.75) is 25.2 Å². The fraction of sp³-hybridized carbons (Fsp3) is 0.435. The van der Waals surface area contributed by atoms with E-state index in [2.05, 4.69) is 10.2 Å². The summed E-state index contributed by atoms with van der Waals surface area (Å²) in [6.07, 6.45) is 1.83. The SMILES string of the molecule is COc1cccc(NC(=O)C(c2ccccc2)N2CCC(C3OCCO3)CC2)c1. The number of methoxy groups -OCH3 is 1. The number of nitrogens with one attached hydrogen (secondary N) is 1. The molecule has 0 radical (unpaired) electrons. The second-order valence-corrected chi connectivity index (χ2v) is 7.52. The average molecular weight is 396 g/mol. The van der Waals surface area contributed by atoms with Gasteiger partial charge in [0.1, 0.15) is 11.8 Å². The highest BCUT2D eigenvalue weighted by molar-refractivity contribution is 5.95. The van der Waals surface area contributed by atoms with Crippen molar-refractivity contribution in [2.24, 2.45) is 5.92 Å². The van der Waals surface area contributed by atoms with E-state index in [1.165, 1.54) is 0 Å². The maximum absolute atomic E-state index is 13.3. The van der Waals surface area contributed by atoms with Crippen molar-refractivity contribution >= 4 is 11.6 Å². The van der Waals surface area contributed by atoms with Crippen molar-refractivity contribution in [2.75, 3.05) is 38.7 Å². The van der Waals surface area contributed by atoms with E-state index in [4.69, 9.17) is 14.2 Å². The quantitative estimate of drug-likeness (QED) is 0.810. The molecule has 6 heteroatoms. The molecule has 1 unspecified atom stereocenters. The third-order valence-corrected chi connectivity index (χ3v) is 5.67. The molecular formula is C23H28N2O4. The number of nitrogens with zero attached hydrogens (tertiary/aromatic N) is 1. The lowest BCUT2D eigenvalue weighted by atomic mass is 9.93. The van der Waals surface area contributed by atoms with Crippen LogP contribution in [-0.2, 0) is 14.3 Å². The van der Waals surface area contributed by atoms with Gasteiger partial charge < -0.3 is 19.5 Å². The third kappa shape index (κ3) is 4.78. The summed E-state index contributed by atoms with van der Waals surface area (Å²) in [7, 11) is 1.62. The van der Waals surface area contributed by atoms with Gasteiger partial charge in [0.15, 0.2) is 6.29 Å². The predicted molar refractivity (Wildman–Crippen MR) is 111 cm³/mol. The summed E-state index contributed by atoms with van der Waals surface area (Å²) in [4.78, 5) is 15.6. The van der Waals surface area contributed by atoms with Gasteiger partial charge in [0.25, 0.3) is 0 Å². The second kappa shape index (κ2) is 9.39. The Morgan fingerprint density at radius 2 is 1.79 bits per heavy atom. The molecule has 2 aliphatic heterocycles. The Morgan fingerprint density at radius 1 is 1.07 bits per heavy atom. The van der Waals surface area contributed by atoms with Crippen molar-refractivity contribution in [1.82, 2.24) is 4.90 Å². The summed E-state index contributed by atoms with van der Waals surface area (Å²) in [6, 6.07) is 17.1. The Labute approximate surface area is 171 Å². The van der Waals surface area contributed by atoms with Crippen LogP contribution in [0.4, 0.5) is 5.69 Å². The lowest BCUT2D eigenvalue weighted by molar-refractivity contribution is -0.124. The zero-order valence-corrected chi connectivity index (χ0v) is 16.8. The maximum atomic E-state index is 13.3. The van der Waals surface area contributed by atoms with Gasteiger partial charge in [-0.2, -0.15) is 0 Å². The van der Waals surface area contributed by atoms with Gasteiger partial charge in [-0.15, -0.1) is 0 Å². The molecular weight excluding hydrogens is 368 g/mol. The average Bonchev–Trinajstić information content (AvgIpc) is 3.30. The van der Waals surface area contributed by atoms with E-state index < -0.39 is 0 Å². The molecule has 29 heavy (non-hydrogen) atoms. The minimum absolute atomic E-state index is 0.0312. The molecule has 0 spiro atoms. The largest absolute Gasteiger partial charge is 0.497 e. The van der Waals surface area contributed by atoms with Crippen LogP contribution < -0.4 is 10.1 Å². The van der Waals surface area contributed by atoms with Crippen molar-refractivity contribution in [1.29, 1.82) is 0 Å². The normalized spacial score (nSPS) is 19.8. The smallest absolute Gasteiger partial charge is 0.246 e. The fourth-order valence-electron chi connectivity index (χ4n) is 4.17. The van der Waals surface area contributed by atoms with Gasteiger partial charge in [0, 0.05) is 17.7 Å². The van der Waals surface area contributed by atoms with Gasteiger partial charge in [-0.25, -0.2) is 0 Å². The molecule has 6 nitrogen and oxygen atoms in total. The van der Waals surface area contributed by atoms with Crippen LogP contribution in [0.25, 0.3) is 0 Å². The Morgan fingerprint density at radius 3 is 2.48 bits per heavy atom. The van der Waals surface area contributed by atoms with Crippen LogP contribution >= 0.6 is 0 Å². The molecule has 2 saturated heterocycles. The zero-order chi connectivity index (χ0) is 20.1. The topological polar surface area (TPSA) is 60.0 Å². The van der Waals surface area contributed by atoms with Crippen LogP contribution in [0, 0.1) is 5.92 Å².